The summed E-state index contributed by atoms with van der Waals surface area (Å²) in [6, 6.07) is 98.6. The smallest absolute Gasteiger partial charge is 0.459 e. The Hall–Kier alpha value is -12.7. The molecular weight excluding hydrogens is 2060 g/mol. The average Bonchev–Trinajstić information content (AvgIpc) is 0.775. The van der Waals surface area contributed by atoms with Gasteiger partial charge in [-0.2, -0.15) is 114 Å². The first-order valence-electron chi connectivity index (χ1n) is 43.4. The van der Waals surface area contributed by atoms with E-state index in [4.69, 9.17) is 18.9 Å². The maximum absolute atomic E-state index is 13.4. The minimum Gasteiger partial charge on any atom is -0.482 e. The highest BCUT2D eigenvalue weighted by molar-refractivity contribution is 7.98. The summed E-state index contributed by atoms with van der Waals surface area (Å²) < 4.78 is 369. The highest BCUT2D eigenvalue weighted by Gasteiger charge is 2.75. The lowest BCUT2D eigenvalue weighted by Gasteiger charge is -2.27. The van der Waals surface area contributed by atoms with E-state index in [0.29, 0.717) is 22.6 Å². The Bertz CT molecular complexity index is 5970. The Balaban J connectivity index is 0.000000217. The summed E-state index contributed by atoms with van der Waals surface area (Å²) in [7, 11) is -1.68. The van der Waals surface area contributed by atoms with Crippen LogP contribution in [-0.4, -0.2) is 143 Å². The van der Waals surface area contributed by atoms with Gasteiger partial charge in [0.2, 0.25) is 0 Å². The molecule has 0 N–H and O–H groups in total. The molecule has 0 unspecified atom stereocenters. The minimum atomic E-state index is -6.44. The maximum atomic E-state index is 13.4. The third kappa shape index (κ3) is 31.7. The standard InChI is InChI=1S/C27H24F7O3S.C26H22F7O3S.C26H24F5O3S.C25H20F7O3S/c1-18-15-22(38(20-9-5-3-6-10-20)21-11-7-4-8-12-21)16-19(2)24(18)37-17-23(35)36-14-13-25(28,29)26(30,31)27(32,33)34;1-18-16-19(36-17-23(34)35-15-14-24(27,28)25(29,30)26(31,32)33)12-13-22(18)37(20-8-4-2-5-9-20)21-10-6-3-7-11-21;1-18-15-22(35(20-9-5-3-6-10-20)21-11-7-4-8-12-21)16-19(2)24(18)34-17-23(32)33-14-13-25(27,28)26(29,30)31;26-23(27,24(28,29)25(30,31)32)15-16-34-22(33)17-35-18-11-13-21(14-12-18)36(19-7-3-1-4-8-19)20-9-5-2-6-10-20/h3-12,15-16H,13-14,17H2,1-2H3;2-13,16H,14-15,17H2,1H3;3-12,15-16H,13-14,17H2,1-2H3;1-14H,15-17H2/q4*+1. The first-order chi connectivity index (χ1) is 68.5. The predicted octanol–water partition coefficient (Wildman–Crippen LogP) is 28.6. The van der Waals surface area contributed by atoms with E-state index in [2.05, 4.69) is 43.2 Å². The minimum absolute atomic E-state index is 0.245. The fraction of sp³-hybridized carbons (Fsp3) is 0.269. The molecule has 42 heteroatoms. The number of rotatable bonds is 39. The molecule has 0 aliphatic carbocycles. The third-order valence-corrected chi connectivity index (χ3v) is 29.6. The molecule has 12 aromatic carbocycles. The zero-order valence-corrected chi connectivity index (χ0v) is 80.6. The van der Waals surface area contributed by atoms with E-state index in [0.717, 1.165) is 75.4 Å². The number of ether oxygens (including phenoxy) is 8. The summed E-state index contributed by atoms with van der Waals surface area (Å²) in [6.45, 7) is 1.08. The summed E-state index contributed by atoms with van der Waals surface area (Å²) >= 11 is 0. The molecule has 146 heavy (non-hydrogen) atoms. The van der Waals surface area contributed by atoms with Gasteiger partial charge in [0.25, 0.3) is 0 Å². The SMILES string of the molecule is Cc1cc(OCC(=O)OCCC(F)(F)C(F)(F)C(F)(F)F)ccc1[S+](c1ccccc1)c1ccccc1.Cc1cc([S+](c2ccccc2)c2ccccc2)cc(C)c1OCC(=O)OCCC(F)(F)C(F)(F)C(F)(F)F.Cc1cc([S+](c2ccccc2)c2ccccc2)cc(C)c1OCC(=O)OCCC(F)(F)C(F)(F)F.O=C(COc1ccc([S+](c2ccccc2)c2ccccc2)cc1)OCCC(F)(F)C(F)(F)C(F)(F)F. The Morgan fingerprint density at radius 2 is 0.418 bits per heavy atom. The van der Waals surface area contributed by atoms with E-state index in [1.807, 2.05) is 269 Å². The van der Waals surface area contributed by atoms with Crippen molar-refractivity contribution < 1.29 is 171 Å². The predicted molar refractivity (Wildman–Crippen MR) is 493 cm³/mol. The highest BCUT2D eigenvalue weighted by atomic mass is 32.2. The second-order valence-electron chi connectivity index (χ2n) is 31.5. The molecule has 0 saturated heterocycles. The largest absolute Gasteiger partial charge is 0.482 e. The van der Waals surface area contributed by atoms with Crippen molar-refractivity contribution in [2.45, 2.75) is 185 Å². The van der Waals surface area contributed by atoms with Crippen LogP contribution >= 0.6 is 0 Å². The van der Waals surface area contributed by atoms with Crippen LogP contribution in [-0.2, 0) is 81.7 Å². The van der Waals surface area contributed by atoms with Crippen LogP contribution in [0.25, 0.3) is 0 Å². The van der Waals surface area contributed by atoms with Crippen LogP contribution in [0.1, 0.15) is 53.5 Å². The van der Waals surface area contributed by atoms with Gasteiger partial charge in [0.15, 0.2) is 85.2 Å². The molecule has 0 aromatic heterocycles. The summed E-state index contributed by atoms with van der Waals surface area (Å²) in [5.41, 5.74) is 3.69. The van der Waals surface area contributed by atoms with Crippen LogP contribution in [0.2, 0.25) is 0 Å². The molecule has 12 aromatic rings. The van der Waals surface area contributed by atoms with E-state index < -0.39 is 201 Å². The van der Waals surface area contributed by atoms with Gasteiger partial charge < -0.3 is 37.9 Å². The zero-order valence-electron chi connectivity index (χ0n) is 77.3. The van der Waals surface area contributed by atoms with Crippen LogP contribution in [0.5, 0.6) is 23.0 Å². The van der Waals surface area contributed by atoms with Crippen molar-refractivity contribution in [2.24, 2.45) is 0 Å². The van der Waals surface area contributed by atoms with E-state index in [1.165, 1.54) is 0 Å². The number of hydrogen-bond acceptors (Lipinski definition) is 12. The Labute approximate surface area is 832 Å². The van der Waals surface area contributed by atoms with Crippen molar-refractivity contribution >= 4 is 67.5 Å². The number of esters is 4. The van der Waals surface area contributed by atoms with Gasteiger partial charge in [0.1, 0.15) is 23.0 Å². The Kier molecular flexibility index (Phi) is 40.9. The summed E-state index contributed by atoms with van der Waals surface area (Å²) in [5.74, 6) is -43.3. The van der Waals surface area contributed by atoms with E-state index in [1.54, 1.807) is 50.2 Å². The number of halogens is 26. The molecule has 0 spiro atoms. The third-order valence-electron chi connectivity index (χ3n) is 20.6. The molecule has 0 heterocycles. The number of hydrogen-bond donors (Lipinski definition) is 0. The number of aryl methyl sites for hydroxylation is 5. The second kappa shape index (κ2) is 51.1. The molecular formula is C104H90F26O12S4+4. The second-order valence-corrected chi connectivity index (χ2v) is 39.5. The molecule has 0 radical (unpaired) electrons. The van der Waals surface area contributed by atoms with Crippen LogP contribution in [0, 0.1) is 34.6 Å². The van der Waals surface area contributed by atoms with E-state index in [-0.39, 0.29) is 22.4 Å². The van der Waals surface area contributed by atoms with Gasteiger partial charge in [0, 0.05) is 29.8 Å². The lowest BCUT2D eigenvalue weighted by atomic mass is 10.1. The van der Waals surface area contributed by atoms with E-state index >= 15 is 0 Å². The normalized spacial score (nSPS) is 12.3. The molecule has 0 aliphatic rings. The molecule has 0 fully saturated rings. The van der Waals surface area contributed by atoms with Gasteiger partial charge in [-0.25, -0.2) is 19.2 Å². The molecule has 0 bridgehead atoms. The molecule has 0 amide bonds. The fourth-order valence-electron chi connectivity index (χ4n) is 13.3. The van der Waals surface area contributed by atoms with Crippen molar-refractivity contribution in [3.63, 3.8) is 0 Å². The fourth-order valence-corrected chi connectivity index (χ4v) is 22.1. The number of benzene rings is 12. The first-order valence-corrected chi connectivity index (χ1v) is 48.3. The van der Waals surface area contributed by atoms with Crippen molar-refractivity contribution in [1.82, 2.24) is 0 Å². The average molecular weight is 2150 g/mol. The van der Waals surface area contributed by atoms with Crippen LogP contribution in [0.3, 0.4) is 0 Å². The summed E-state index contributed by atoms with van der Waals surface area (Å²) in [5, 5.41) is 0. The summed E-state index contributed by atoms with van der Waals surface area (Å²) in [6.07, 6.45) is -32.6. The van der Waals surface area contributed by atoms with Crippen molar-refractivity contribution in [2.75, 3.05) is 52.9 Å². The lowest BCUT2D eigenvalue weighted by molar-refractivity contribution is -0.356. The molecule has 0 atom stereocenters. The Morgan fingerprint density at radius 3 is 0.651 bits per heavy atom. The van der Waals surface area contributed by atoms with Crippen LogP contribution in [0.4, 0.5) is 114 Å². The molecule has 0 saturated carbocycles. The molecule has 12 rings (SSSR count). The van der Waals surface area contributed by atoms with Gasteiger partial charge in [0.05, 0.1) is 95.7 Å². The number of carbonyl (C=O) groups is 4. The Morgan fingerprint density at radius 1 is 0.212 bits per heavy atom. The molecule has 0 aliphatic heterocycles. The molecule has 12 nitrogen and oxygen atoms in total. The van der Waals surface area contributed by atoms with E-state index in [9.17, 15) is 133 Å². The van der Waals surface area contributed by atoms with Gasteiger partial charge in [-0.1, -0.05) is 146 Å². The monoisotopic (exact) mass is 2150 g/mol. The van der Waals surface area contributed by atoms with Gasteiger partial charge >= 0.3 is 90.0 Å². The van der Waals surface area contributed by atoms with Crippen molar-refractivity contribution in [3.05, 3.63) is 337 Å². The van der Waals surface area contributed by atoms with Gasteiger partial charge in [-0.05, 0) is 196 Å². The van der Waals surface area contributed by atoms with Gasteiger partial charge in [-0.3, -0.25) is 0 Å². The summed E-state index contributed by atoms with van der Waals surface area (Å²) in [4.78, 5) is 60.0. The van der Waals surface area contributed by atoms with Crippen LogP contribution in [0.15, 0.2) is 368 Å². The number of alkyl halides is 26. The first kappa shape index (κ1) is 117. The van der Waals surface area contributed by atoms with Crippen molar-refractivity contribution in [3.8, 4) is 23.0 Å². The van der Waals surface area contributed by atoms with Gasteiger partial charge in [-0.15, -0.1) is 0 Å². The van der Waals surface area contributed by atoms with Crippen molar-refractivity contribution in [1.29, 1.82) is 0 Å². The lowest BCUT2D eigenvalue weighted by Crippen LogP contribution is -2.52. The topological polar surface area (TPSA) is 142 Å². The highest BCUT2D eigenvalue weighted by Crippen LogP contribution is 2.52. The molecule has 780 valence electrons. The van der Waals surface area contributed by atoms with Crippen LogP contribution < -0.4 is 18.9 Å². The number of carbonyl (C=O) groups excluding carboxylic acids is 4. The zero-order chi connectivity index (χ0) is 107. The maximum Gasteiger partial charge on any atom is 0.459 e. The quantitative estimate of drug-likeness (QED) is 0.0157.